The van der Waals surface area contributed by atoms with Gasteiger partial charge in [0.15, 0.2) is 10.8 Å². The van der Waals surface area contributed by atoms with E-state index in [-0.39, 0.29) is 17.8 Å². The van der Waals surface area contributed by atoms with E-state index in [1.54, 1.807) is 12.3 Å². The fourth-order valence-electron chi connectivity index (χ4n) is 4.44. The number of nitrogens with two attached hydrogens (primary N) is 1. The number of benzene rings is 1. The van der Waals surface area contributed by atoms with Crippen LogP contribution in [0.25, 0.3) is 10.2 Å². The van der Waals surface area contributed by atoms with Crippen molar-refractivity contribution in [3.63, 3.8) is 0 Å². The zero-order valence-corrected chi connectivity index (χ0v) is 16.7. The van der Waals surface area contributed by atoms with Gasteiger partial charge in [0.1, 0.15) is 5.82 Å². The van der Waals surface area contributed by atoms with Gasteiger partial charge < -0.3 is 16.0 Å². The van der Waals surface area contributed by atoms with Gasteiger partial charge in [-0.05, 0) is 49.1 Å². The van der Waals surface area contributed by atoms with Crippen LogP contribution in [0.15, 0.2) is 30.5 Å². The zero-order valence-electron chi connectivity index (χ0n) is 15.9. The molecule has 5 rings (SSSR count). The van der Waals surface area contributed by atoms with E-state index in [2.05, 4.69) is 20.2 Å². The van der Waals surface area contributed by atoms with Gasteiger partial charge in [-0.3, -0.25) is 4.79 Å². The quantitative estimate of drug-likeness (QED) is 0.665. The molecule has 6 nitrogen and oxygen atoms in total. The fraction of sp³-hybridized carbons (Fsp3) is 0.381. The first-order chi connectivity index (χ1) is 14.1. The molecule has 2 aliphatic rings. The third kappa shape index (κ3) is 3.31. The van der Waals surface area contributed by atoms with Gasteiger partial charge in [0.05, 0.1) is 15.9 Å². The number of halogens is 1. The van der Waals surface area contributed by atoms with Crippen LogP contribution in [0.2, 0.25) is 0 Å². The summed E-state index contributed by atoms with van der Waals surface area (Å²) in [7, 11) is 0. The van der Waals surface area contributed by atoms with Crippen molar-refractivity contribution in [3.05, 3.63) is 47.5 Å². The molecule has 3 aromatic rings. The normalized spacial score (nSPS) is 21.3. The van der Waals surface area contributed by atoms with E-state index in [1.165, 1.54) is 23.5 Å². The summed E-state index contributed by atoms with van der Waals surface area (Å²) >= 11 is 1.47. The molecule has 1 aliphatic carbocycles. The van der Waals surface area contributed by atoms with E-state index in [0.717, 1.165) is 65.4 Å². The van der Waals surface area contributed by atoms with Crippen molar-refractivity contribution < 1.29 is 9.18 Å². The second-order valence-electron chi connectivity index (χ2n) is 7.72. The summed E-state index contributed by atoms with van der Waals surface area (Å²) in [5, 5.41) is 4.38. The number of thiazole rings is 1. The Morgan fingerprint density at radius 1 is 1.24 bits per heavy atom. The van der Waals surface area contributed by atoms with Crippen molar-refractivity contribution in [1.82, 2.24) is 9.97 Å². The number of hydrogen-bond donors (Lipinski definition) is 2. The predicted molar refractivity (Wildman–Crippen MR) is 113 cm³/mol. The van der Waals surface area contributed by atoms with Gasteiger partial charge in [0, 0.05) is 31.2 Å². The topological polar surface area (TPSA) is 84.1 Å². The van der Waals surface area contributed by atoms with Crippen molar-refractivity contribution >= 4 is 38.3 Å². The predicted octanol–water partition coefficient (Wildman–Crippen LogP) is 3.89. The molecule has 1 saturated carbocycles. The molecular weight excluding hydrogens is 389 g/mol. The Hall–Kier alpha value is -2.74. The molecule has 1 aliphatic heterocycles. The van der Waals surface area contributed by atoms with Crippen LogP contribution in [0.3, 0.4) is 0 Å². The number of anilines is 2. The summed E-state index contributed by atoms with van der Waals surface area (Å²) in [4.78, 5) is 23.1. The number of carbonyl (C=O) groups excluding carboxylic acids is 1. The maximum Gasteiger partial charge on any atom is 0.269 e. The van der Waals surface area contributed by atoms with Gasteiger partial charge >= 0.3 is 0 Å². The van der Waals surface area contributed by atoms with Crippen molar-refractivity contribution in [2.24, 2.45) is 5.73 Å². The van der Waals surface area contributed by atoms with Crippen LogP contribution in [-0.4, -0.2) is 35.0 Å². The third-order valence-corrected chi connectivity index (χ3v) is 6.89. The Labute approximate surface area is 171 Å². The van der Waals surface area contributed by atoms with Crippen LogP contribution in [0.5, 0.6) is 0 Å². The molecule has 3 heterocycles. The fourth-order valence-corrected chi connectivity index (χ4v) is 5.40. The molecule has 0 bridgehead atoms. The highest BCUT2D eigenvalue weighted by molar-refractivity contribution is 7.22. The van der Waals surface area contributed by atoms with Crippen molar-refractivity contribution in [2.45, 2.75) is 37.6 Å². The molecule has 1 amide bonds. The lowest BCUT2D eigenvalue weighted by molar-refractivity contribution is 0.0996. The van der Waals surface area contributed by atoms with Crippen LogP contribution >= 0.6 is 11.3 Å². The minimum atomic E-state index is -0.482. The Morgan fingerprint density at radius 2 is 2.10 bits per heavy atom. The van der Waals surface area contributed by atoms with Crippen molar-refractivity contribution in [1.29, 1.82) is 0 Å². The first-order valence-electron chi connectivity index (χ1n) is 9.96. The summed E-state index contributed by atoms with van der Waals surface area (Å²) < 4.78 is 14.3. The van der Waals surface area contributed by atoms with Crippen LogP contribution < -0.4 is 16.0 Å². The highest BCUT2D eigenvalue weighted by Gasteiger charge is 2.34. The van der Waals surface area contributed by atoms with Gasteiger partial charge in [0.2, 0.25) is 0 Å². The summed E-state index contributed by atoms with van der Waals surface area (Å²) in [6.07, 6.45) is 5.94. The Bertz CT molecular complexity index is 1080. The summed E-state index contributed by atoms with van der Waals surface area (Å²) in [6, 6.07) is 6.89. The molecule has 29 heavy (non-hydrogen) atoms. The van der Waals surface area contributed by atoms with E-state index in [4.69, 9.17) is 5.73 Å². The Morgan fingerprint density at radius 3 is 2.86 bits per heavy atom. The number of pyridine rings is 1. The number of nitrogens with one attached hydrogen (secondary N) is 1. The van der Waals surface area contributed by atoms with E-state index in [0.29, 0.717) is 5.69 Å². The molecular formula is C21H22FN5OS. The number of amides is 1. The van der Waals surface area contributed by atoms with E-state index < -0.39 is 5.91 Å². The number of fused-ring (bicyclic) bond motifs is 1. The lowest BCUT2D eigenvalue weighted by Crippen LogP contribution is -2.40. The average Bonchev–Trinajstić information content (AvgIpc) is 3.26. The zero-order chi connectivity index (χ0) is 20.0. The molecule has 8 heteroatoms. The Balaban J connectivity index is 1.47. The molecule has 150 valence electrons. The van der Waals surface area contributed by atoms with Crippen LogP contribution in [0, 0.1) is 5.82 Å². The lowest BCUT2D eigenvalue weighted by atomic mass is 9.91. The van der Waals surface area contributed by atoms with Crippen molar-refractivity contribution in [3.8, 4) is 0 Å². The van der Waals surface area contributed by atoms with Crippen molar-refractivity contribution in [2.75, 3.05) is 23.3 Å². The average molecular weight is 412 g/mol. The minimum Gasteiger partial charge on any atom is -0.369 e. The number of carbonyl (C=O) groups is 1. The van der Waals surface area contributed by atoms with E-state index >= 15 is 0 Å². The molecule has 2 atom stereocenters. The highest BCUT2D eigenvalue weighted by atomic mass is 32.1. The molecule has 2 fully saturated rings. The molecule has 3 N–H and O–H groups in total. The van der Waals surface area contributed by atoms with Gasteiger partial charge in [0.25, 0.3) is 5.91 Å². The molecule has 0 spiro atoms. The number of rotatable bonds is 5. The van der Waals surface area contributed by atoms with Crippen LogP contribution in [0.4, 0.5) is 15.2 Å². The van der Waals surface area contributed by atoms with Gasteiger partial charge in [-0.25, -0.2) is 14.4 Å². The first-order valence-corrected chi connectivity index (χ1v) is 10.8. The van der Waals surface area contributed by atoms with Crippen LogP contribution in [0.1, 0.15) is 47.7 Å². The third-order valence-electron chi connectivity index (χ3n) is 5.94. The van der Waals surface area contributed by atoms with Gasteiger partial charge in [-0.15, -0.1) is 0 Å². The molecule has 0 unspecified atom stereocenters. The summed E-state index contributed by atoms with van der Waals surface area (Å²) in [6.45, 7) is 1.85. The number of aromatic nitrogens is 2. The summed E-state index contributed by atoms with van der Waals surface area (Å²) in [5.74, 6) is -0.485. The standard InChI is InChI=1S/C21H22FN5OS/c22-12-5-6-16-17(11-12)29-21(26-16)25-15-4-1-3-13(15)14-7-8-24-18(20(23)28)19(14)27-9-2-10-27/h5-8,11,13,15H,1-4,9-10H2,(H2,23,28)(H,25,26)/t13-,15-/m0/s1. The maximum absolute atomic E-state index is 13.5. The molecule has 1 saturated heterocycles. The second kappa shape index (κ2) is 7.26. The number of nitrogens with zero attached hydrogens (tertiary/aromatic N) is 3. The summed E-state index contributed by atoms with van der Waals surface area (Å²) in [5.41, 5.74) is 8.83. The molecule has 0 radical (unpaired) electrons. The van der Waals surface area contributed by atoms with E-state index in [9.17, 15) is 9.18 Å². The monoisotopic (exact) mass is 411 g/mol. The Kier molecular flexibility index (Phi) is 4.58. The van der Waals surface area contributed by atoms with E-state index in [1.807, 2.05) is 6.07 Å². The molecule has 1 aromatic carbocycles. The largest absolute Gasteiger partial charge is 0.369 e. The number of hydrogen-bond acceptors (Lipinski definition) is 6. The van der Waals surface area contributed by atoms with Gasteiger partial charge in [-0.1, -0.05) is 17.8 Å². The minimum absolute atomic E-state index is 0.198. The first kappa shape index (κ1) is 18.3. The van der Waals surface area contributed by atoms with Crippen LogP contribution in [-0.2, 0) is 0 Å². The smallest absolute Gasteiger partial charge is 0.269 e. The lowest BCUT2D eigenvalue weighted by Gasteiger charge is -2.37. The van der Waals surface area contributed by atoms with Gasteiger partial charge in [-0.2, -0.15) is 0 Å². The maximum atomic E-state index is 13.5. The molecule has 2 aromatic heterocycles. The SMILES string of the molecule is NC(=O)c1nccc([C@@H]2CCC[C@@H]2Nc2nc3ccc(F)cc3s2)c1N1CCC1. The highest BCUT2D eigenvalue weighted by Crippen LogP contribution is 2.43. The number of primary amides is 1. The second-order valence-corrected chi connectivity index (χ2v) is 8.75.